The molecule has 254 valence electrons. The molecule has 0 radical (unpaired) electrons. The summed E-state index contributed by atoms with van der Waals surface area (Å²) >= 11 is 7.66. The number of hydrogen-bond donors (Lipinski definition) is 1. The fourth-order valence-electron chi connectivity index (χ4n) is 5.69. The number of thiophene rings is 1. The number of fused-ring (bicyclic) bond motifs is 1. The average molecular weight is 727 g/mol. The number of nitrogens with one attached hydrogen (secondary N) is 1. The van der Waals surface area contributed by atoms with Crippen LogP contribution in [0.4, 0.5) is 11.5 Å². The zero-order chi connectivity index (χ0) is 34.8. The van der Waals surface area contributed by atoms with E-state index in [1.165, 1.54) is 27.8 Å². The van der Waals surface area contributed by atoms with Crippen LogP contribution >= 0.6 is 22.9 Å². The molecule has 1 aliphatic heterocycles. The smallest absolute Gasteiger partial charge is 0.264 e. The van der Waals surface area contributed by atoms with Gasteiger partial charge >= 0.3 is 0 Å². The topological polar surface area (TPSA) is 112 Å². The van der Waals surface area contributed by atoms with E-state index in [9.17, 15) is 13.2 Å². The van der Waals surface area contributed by atoms with E-state index in [1.807, 2.05) is 41.9 Å². The van der Waals surface area contributed by atoms with Crippen molar-refractivity contribution >= 4 is 50.4 Å². The molecule has 4 aromatic carbocycles. The summed E-state index contributed by atoms with van der Waals surface area (Å²) in [6.07, 6.45) is 0. The van der Waals surface area contributed by atoms with E-state index < -0.39 is 15.9 Å². The van der Waals surface area contributed by atoms with Gasteiger partial charge in [0.05, 0.1) is 29.3 Å². The fraction of sp³-hybridized carbons (Fsp3) is 0.135. The van der Waals surface area contributed by atoms with Crippen LogP contribution in [0.5, 0.6) is 17.2 Å². The second kappa shape index (κ2) is 13.9. The molecule has 2 aromatic heterocycles. The first-order valence-corrected chi connectivity index (χ1v) is 18.4. The van der Waals surface area contributed by atoms with Gasteiger partial charge in [0.25, 0.3) is 15.9 Å². The molecular weight excluding hydrogens is 696 g/mol. The van der Waals surface area contributed by atoms with E-state index in [2.05, 4.69) is 5.32 Å². The van der Waals surface area contributed by atoms with E-state index >= 15 is 0 Å². The van der Waals surface area contributed by atoms with Gasteiger partial charge in [-0.15, -0.1) is 0 Å². The highest BCUT2D eigenvalue weighted by Gasteiger charge is 2.29. The molecular formula is C37H31ClN4O6S2. The number of benzene rings is 4. The summed E-state index contributed by atoms with van der Waals surface area (Å²) in [6, 6.07) is 27.4. The summed E-state index contributed by atoms with van der Waals surface area (Å²) < 4.78 is 48.9. The lowest BCUT2D eigenvalue weighted by atomic mass is 10.0. The Morgan fingerprint density at radius 3 is 2.56 bits per heavy atom. The number of halogens is 1. The third-order valence-electron chi connectivity index (χ3n) is 8.09. The summed E-state index contributed by atoms with van der Waals surface area (Å²) in [7, 11) is -2.48. The first kappa shape index (κ1) is 33.2. The Hall–Kier alpha value is -5.30. The second-order valence-corrected chi connectivity index (χ2v) is 14.4. The van der Waals surface area contributed by atoms with E-state index in [0.29, 0.717) is 57.2 Å². The highest BCUT2D eigenvalue weighted by atomic mass is 35.5. The van der Waals surface area contributed by atoms with Crippen LogP contribution in [0.15, 0.2) is 113 Å². The monoisotopic (exact) mass is 726 g/mol. The SMILES string of the molecule is CCOc1ccccc1N(Cc1ccc(Cl)cc1)S(=O)(=O)c1cccc(C(=O)Nc2c(-c3ccc4c(c3)OCO4)c(-c3ccsc3)nn2C)c1. The Bertz CT molecular complexity index is 2290. The maximum absolute atomic E-state index is 14.5. The minimum atomic E-state index is -4.22. The lowest BCUT2D eigenvalue weighted by Crippen LogP contribution is -2.31. The van der Waals surface area contributed by atoms with Gasteiger partial charge in [0, 0.05) is 28.6 Å². The van der Waals surface area contributed by atoms with Crippen molar-refractivity contribution in [1.29, 1.82) is 0 Å². The van der Waals surface area contributed by atoms with Crippen LogP contribution in [0.25, 0.3) is 22.4 Å². The molecule has 0 aliphatic carbocycles. The molecule has 10 nitrogen and oxygen atoms in total. The van der Waals surface area contributed by atoms with Gasteiger partial charge in [-0.25, -0.2) is 8.42 Å². The Kier molecular flexibility index (Phi) is 9.23. The third kappa shape index (κ3) is 6.52. The molecule has 0 atom stereocenters. The van der Waals surface area contributed by atoms with Gasteiger partial charge in [-0.3, -0.25) is 13.8 Å². The number of anilines is 2. The highest BCUT2D eigenvalue weighted by Crippen LogP contribution is 2.43. The summed E-state index contributed by atoms with van der Waals surface area (Å²) in [4.78, 5) is 13.9. The predicted molar refractivity (Wildman–Crippen MR) is 195 cm³/mol. The summed E-state index contributed by atoms with van der Waals surface area (Å²) in [6.45, 7) is 2.30. The first-order valence-electron chi connectivity index (χ1n) is 15.6. The van der Waals surface area contributed by atoms with Crippen molar-refractivity contribution in [3.8, 4) is 39.6 Å². The summed E-state index contributed by atoms with van der Waals surface area (Å²) in [5.74, 6) is 1.55. The van der Waals surface area contributed by atoms with Gasteiger partial charge < -0.3 is 19.5 Å². The molecule has 3 heterocycles. The number of amides is 1. The lowest BCUT2D eigenvalue weighted by molar-refractivity contribution is 0.102. The number of aryl methyl sites for hydroxylation is 1. The van der Waals surface area contributed by atoms with Crippen LogP contribution in [-0.4, -0.2) is 37.5 Å². The number of carbonyl (C=O) groups is 1. The molecule has 13 heteroatoms. The normalized spacial score (nSPS) is 12.1. The number of carbonyl (C=O) groups excluding carboxylic acids is 1. The second-order valence-electron chi connectivity index (χ2n) is 11.3. The lowest BCUT2D eigenvalue weighted by Gasteiger charge is -2.26. The van der Waals surface area contributed by atoms with Gasteiger partial charge in [0.1, 0.15) is 17.3 Å². The number of sulfonamides is 1. The minimum Gasteiger partial charge on any atom is -0.492 e. The van der Waals surface area contributed by atoms with Gasteiger partial charge in [-0.2, -0.15) is 16.4 Å². The van der Waals surface area contributed by atoms with E-state index in [-0.39, 0.29) is 23.8 Å². The summed E-state index contributed by atoms with van der Waals surface area (Å²) in [5, 5.41) is 12.3. The molecule has 6 aromatic rings. The molecule has 0 spiro atoms. The van der Waals surface area contributed by atoms with Crippen molar-refractivity contribution in [1.82, 2.24) is 9.78 Å². The van der Waals surface area contributed by atoms with Crippen molar-refractivity contribution < 1.29 is 27.4 Å². The van der Waals surface area contributed by atoms with Crippen LogP contribution in [0.1, 0.15) is 22.8 Å². The molecule has 0 bridgehead atoms. The van der Waals surface area contributed by atoms with Crippen molar-refractivity contribution in [3.63, 3.8) is 0 Å². The average Bonchev–Trinajstić information content (AvgIpc) is 3.89. The zero-order valence-electron chi connectivity index (χ0n) is 27.0. The van der Waals surface area contributed by atoms with Gasteiger partial charge in [-0.05, 0) is 84.1 Å². The maximum Gasteiger partial charge on any atom is 0.264 e. The number of rotatable bonds is 11. The Labute approximate surface area is 298 Å². The van der Waals surface area contributed by atoms with Crippen molar-refractivity contribution in [2.24, 2.45) is 7.05 Å². The maximum atomic E-state index is 14.5. The van der Waals surface area contributed by atoms with Crippen LogP contribution in [-0.2, 0) is 23.6 Å². The van der Waals surface area contributed by atoms with Gasteiger partial charge in [-0.1, -0.05) is 48.0 Å². The highest BCUT2D eigenvalue weighted by molar-refractivity contribution is 7.92. The minimum absolute atomic E-state index is 0.000709. The molecule has 0 unspecified atom stereocenters. The Morgan fingerprint density at radius 2 is 1.78 bits per heavy atom. The van der Waals surface area contributed by atoms with Crippen molar-refractivity contribution in [2.45, 2.75) is 18.4 Å². The van der Waals surface area contributed by atoms with Crippen LogP contribution in [0.2, 0.25) is 5.02 Å². The largest absolute Gasteiger partial charge is 0.492 e. The number of ether oxygens (including phenoxy) is 3. The molecule has 50 heavy (non-hydrogen) atoms. The molecule has 0 saturated heterocycles. The number of nitrogens with zero attached hydrogens (tertiary/aromatic N) is 3. The quantitative estimate of drug-likeness (QED) is 0.143. The molecule has 0 saturated carbocycles. The zero-order valence-corrected chi connectivity index (χ0v) is 29.4. The van der Waals surface area contributed by atoms with E-state index in [1.54, 1.807) is 72.4 Å². The molecule has 0 fully saturated rings. The van der Waals surface area contributed by atoms with Crippen molar-refractivity contribution in [2.75, 3.05) is 23.0 Å². The molecule has 1 amide bonds. The number of aromatic nitrogens is 2. The fourth-order valence-corrected chi connectivity index (χ4v) is 7.97. The Morgan fingerprint density at radius 1 is 0.980 bits per heavy atom. The van der Waals surface area contributed by atoms with Crippen LogP contribution in [0, 0.1) is 0 Å². The number of para-hydroxylation sites is 2. The predicted octanol–water partition coefficient (Wildman–Crippen LogP) is 8.24. The molecule has 1 N–H and O–H groups in total. The van der Waals surface area contributed by atoms with Crippen LogP contribution < -0.4 is 23.8 Å². The number of hydrogen-bond acceptors (Lipinski definition) is 8. The van der Waals surface area contributed by atoms with Crippen molar-refractivity contribution in [3.05, 3.63) is 124 Å². The van der Waals surface area contributed by atoms with Gasteiger partial charge in [0.2, 0.25) is 6.79 Å². The van der Waals surface area contributed by atoms with Crippen LogP contribution in [0.3, 0.4) is 0 Å². The molecule has 1 aliphatic rings. The van der Waals surface area contributed by atoms with E-state index in [4.69, 9.17) is 30.9 Å². The third-order valence-corrected chi connectivity index (χ3v) is 10.8. The first-order chi connectivity index (χ1) is 24.2. The molecule has 7 rings (SSSR count). The van der Waals surface area contributed by atoms with Gasteiger partial charge in [0.15, 0.2) is 11.5 Å². The Balaban J connectivity index is 1.26. The standard InChI is InChI=1S/C37H31ClN4O6S2/c1-3-46-31-10-5-4-9-30(31)42(21-24-11-14-28(38)15-12-24)50(44,45)29-8-6-7-26(19-29)37(43)39-36-34(25-13-16-32-33(20-25)48-23-47-32)35(40-41(36)2)27-17-18-49-22-27/h4-20,22H,3,21,23H2,1-2H3,(H,39,43). The van der Waals surface area contributed by atoms with E-state index in [0.717, 1.165) is 11.1 Å². The summed E-state index contributed by atoms with van der Waals surface area (Å²) in [5.41, 5.74) is 4.23.